The van der Waals surface area contributed by atoms with Gasteiger partial charge in [-0.25, -0.2) is 4.79 Å². The number of nitrogens with one attached hydrogen (secondary N) is 2. The number of nitrogens with zero attached hydrogens (tertiary/aromatic N) is 2. The van der Waals surface area contributed by atoms with E-state index in [-0.39, 0.29) is 24.1 Å². The number of amides is 1. The number of carbonyl (C=O) groups is 1. The van der Waals surface area contributed by atoms with Crippen LogP contribution in [-0.2, 0) is 6.54 Å². The van der Waals surface area contributed by atoms with Crippen molar-refractivity contribution in [2.75, 3.05) is 25.1 Å². The fourth-order valence-electron chi connectivity index (χ4n) is 3.96. The molecule has 2 aromatic carbocycles. The van der Waals surface area contributed by atoms with Gasteiger partial charge in [-0.2, -0.15) is 0 Å². The molecule has 0 spiro atoms. The number of hydrogen-bond donors (Lipinski definition) is 2. The number of aromatic nitrogens is 2. The highest BCUT2D eigenvalue weighted by Crippen LogP contribution is 2.33. The molecule has 9 heteroatoms. The van der Waals surface area contributed by atoms with Gasteiger partial charge in [0, 0.05) is 36.3 Å². The minimum absolute atomic E-state index is 0.0565. The number of anilines is 1. The van der Waals surface area contributed by atoms with Crippen LogP contribution in [0.25, 0.3) is 10.9 Å². The fraction of sp³-hybridized carbons (Fsp3) is 0.318. The van der Waals surface area contributed by atoms with E-state index in [1.807, 2.05) is 12.1 Å². The first-order valence-electron chi connectivity index (χ1n) is 10.1. The molecule has 2 N–H and O–H groups in total. The molecule has 1 aromatic heterocycles. The summed E-state index contributed by atoms with van der Waals surface area (Å²) >= 11 is 6.14. The van der Waals surface area contributed by atoms with Gasteiger partial charge in [0.25, 0.3) is 11.5 Å². The van der Waals surface area contributed by atoms with Gasteiger partial charge in [-0.15, -0.1) is 0 Å². The number of benzene rings is 2. The van der Waals surface area contributed by atoms with Crippen molar-refractivity contribution < 1.29 is 9.53 Å². The standard InChI is InChI=1S/C22H23ClN4O4/c1-3-27-21(29)16-6-4-13(10-17(16)25-22(27)30)20(28)24-15-8-9-26(12-15)18-11-14(23)5-7-19(18)31-2/h4-7,10-11,15H,3,8-9,12H2,1-2H3,(H,24,28)(H,25,30). The SMILES string of the molecule is CCn1c(=O)[nH]c2cc(C(=O)NC3CCN(c4cc(Cl)ccc4OC)C3)ccc2c1=O. The molecule has 1 saturated heterocycles. The van der Waals surface area contributed by atoms with Crippen molar-refractivity contribution in [2.45, 2.75) is 25.9 Å². The number of aromatic amines is 1. The maximum atomic E-state index is 12.8. The molecule has 8 nitrogen and oxygen atoms in total. The van der Waals surface area contributed by atoms with Crippen molar-refractivity contribution in [3.8, 4) is 5.75 Å². The molecule has 1 unspecified atom stereocenters. The van der Waals surface area contributed by atoms with Gasteiger partial charge in [0.2, 0.25) is 0 Å². The zero-order valence-corrected chi connectivity index (χ0v) is 18.0. The van der Waals surface area contributed by atoms with Crippen molar-refractivity contribution in [1.82, 2.24) is 14.9 Å². The molecule has 31 heavy (non-hydrogen) atoms. The third-order valence-electron chi connectivity index (χ3n) is 5.57. The Labute approximate surface area is 183 Å². The van der Waals surface area contributed by atoms with Crippen LogP contribution < -0.4 is 26.2 Å². The van der Waals surface area contributed by atoms with Crippen LogP contribution >= 0.6 is 11.6 Å². The van der Waals surface area contributed by atoms with Crippen LogP contribution in [0.4, 0.5) is 5.69 Å². The van der Waals surface area contributed by atoms with E-state index in [0.717, 1.165) is 29.0 Å². The molecule has 0 bridgehead atoms. The number of halogens is 1. The molecule has 1 aliphatic heterocycles. The Morgan fingerprint density at radius 1 is 1.26 bits per heavy atom. The van der Waals surface area contributed by atoms with Crippen molar-refractivity contribution in [3.63, 3.8) is 0 Å². The number of hydrogen-bond acceptors (Lipinski definition) is 5. The summed E-state index contributed by atoms with van der Waals surface area (Å²) in [6.07, 6.45) is 0.771. The zero-order valence-electron chi connectivity index (χ0n) is 17.3. The average molecular weight is 443 g/mol. The largest absolute Gasteiger partial charge is 0.495 e. The quantitative estimate of drug-likeness (QED) is 0.632. The van der Waals surface area contributed by atoms with Gasteiger partial charge in [0.1, 0.15) is 5.75 Å². The van der Waals surface area contributed by atoms with Crippen molar-refractivity contribution >= 4 is 34.1 Å². The molecule has 0 radical (unpaired) electrons. The Hall–Kier alpha value is -3.26. The molecule has 0 aliphatic carbocycles. The first kappa shape index (κ1) is 21.0. The van der Waals surface area contributed by atoms with Gasteiger partial charge in [-0.1, -0.05) is 11.6 Å². The molecule has 1 aliphatic rings. The normalized spacial score (nSPS) is 16.0. The smallest absolute Gasteiger partial charge is 0.328 e. The van der Waals surface area contributed by atoms with Crippen molar-refractivity contribution in [1.29, 1.82) is 0 Å². The summed E-state index contributed by atoms with van der Waals surface area (Å²) < 4.78 is 6.56. The van der Waals surface area contributed by atoms with E-state index >= 15 is 0 Å². The Kier molecular flexibility index (Phi) is 5.73. The minimum Gasteiger partial charge on any atom is -0.495 e. The number of rotatable bonds is 5. The van der Waals surface area contributed by atoms with Gasteiger partial charge in [0.05, 0.1) is 23.7 Å². The van der Waals surface area contributed by atoms with E-state index in [4.69, 9.17) is 16.3 Å². The monoisotopic (exact) mass is 442 g/mol. The predicted octanol–water partition coefficient (Wildman–Crippen LogP) is 2.38. The maximum Gasteiger partial charge on any atom is 0.328 e. The lowest BCUT2D eigenvalue weighted by Crippen LogP contribution is -2.37. The molecule has 1 atom stereocenters. The van der Waals surface area contributed by atoms with Gasteiger partial charge in [-0.3, -0.25) is 14.2 Å². The number of fused-ring (bicyclic) bond motifs is 1. The highest BCUT2D eigenvalue weighted by Gasteiger charge is 2.26. The highest BCUT2D eigenvalue weighted by molar-refractivity contribution is 6.31. The minimum atomic E-state index is -0.487. The summed E-state index contributed by atoms with van der Waals surface area (Å²) in [6.45, 7) is 3.38. The summed E-state index contributed by atoms with van der Waals surface area (Å²) in [4.78, 5) is 42.1. The van der Waals surface area contributed by atoms with Gasteiger partial charge in [-0.05, 0) is 49.7 Å². The Morgan fingerprint density at radius 3 is 2.81 bits per heavy atom. The topological polar surface area (TPSA) is 96.4 Å². The average Bonchev–Trinajstić information content (AvgIpc) is 3.22. The predicted molar refractivity (Wildman–Crippen MR) is 121 cm³/mol. The molecule has 4 rings (SSSR count). The van der Waals surface area contributed by atoms with Crippen LogP contribution in [0.2, 0.25) is 5.02 Å². The number of carbonyl (C=O) groups excluding carboxylic acids is 1. The summed E-state index contributed by atoms with van der Waals surface area (Å²) in [5, 5.41) is 4.03. The lowest BCUT2D eigenvalue weighted by atomic mass is 10.1. The first-order chi connectivity index (χ1) is 14.9. The van der Waals surface area contributed by atoms with E-state index < -0.39 is 5.69 Å². The van der Waals surface area contributed by atoms with Crippen LogP contribution in [-0.4, -0.2) is 41.7 Å². The molecule has 0 saturated carbocycles. The second-order valence-electron chi connectivity index (χ2n) is 7.46. The van der Waals surface area contributed by atoms with Crippen LogP contribution in [0.15, 0.2) is 46.0 Å². The zero-order chi connectivity index (χ0) is 22.1. The molecule has 1 amide bonds. The Bertz CT molecular complexity index is 1270. The molecule has 3 aromatic rings. The van der Waals surface area contributed by atoms with E-state index in [1.165, 1.54) is 0 Å². The Morgan fingerprint density at radius 2 is 2.06 bits per heavy atom. The Balaban J connectivity index is 1.52. The molecular weight excluding hydrogens is 420 g/mol. The third-order valence-corrected chi connectivity index (χ3v) is 5.80. The second kappa shape index (κ2) is 8.47. The van der Waals surface area contributed by atoms with Crippen LogP contribution in [0, 0.1) is 0 Å². The van der Waals surface area contributed by atoms with Crippen molar-refractivity contribution in [2.24, 2.45) is 0 Å². The number of ether oxygens (including phenoxy) is 1. The van der Waals surface area contributed by atoms with E-state index in [2.05, 4.69) is 15.2 Å². The molecular formula is C22H23ClN4O4. The lowest BCUT2D eigenvalue weighted by molar-refractivity contribution is 0.0940. The summed E-state index contributed by atoms with van der Waals surface area (Å²) in [5.41, 5.74) is 0.774. The highest BCUT2D eigenvalue weighted by atomic mass is 35.5. The van der Waals surface area contributed by atoms with Crippen LogP contribution in [0.5, 0.6) is 5.75 Å². The molecule has 1 fully saturated rings. The van der Waals surface area contributed by atoms with E-state index in [0.29, 0.717) is 28.0 Å². The molecule has 162 valence electrons. The second-order valence-corrected chi connectivity index (χ2v) is 7.90. The number of methoxy groups -OCH3 is 1. The van der Waals surface area contributed by atoms with E-state index in [1.54, 1.807) is 38.3 Å². The summed E-state index contributed by atoms with van der Waals surface area (Å²) in [7, 11) is 1.61. The van der Waals surface area contributed by atoms with Crippen molar-refractivity contribution in [3.05, 3.63) is 67.8 Å². The van der Waals surface area contributed by atoms with Gasteiger partial charge < -0.3 is 19.9 Å². The number of H-pyrrole nitrogens is 1. The van der Waals surface area contributed by atoms with Crippen LogP contribution in [0.3, 0.4) is 0 Å². The van der Waals surface area contributed by atoms with E-state index in [9.17, 15) is 14.4 Å². The maximum absolute atomic E-state index is 12.8. The van der Waals surface area contributed by atoms with Gasteiger partial charge in [0.15, 0.2) is 0 Å². The first-order valence-corrected chi connectivity index (χ1v) is 10.4. The fourth-order valence-corrected chi connectivity index (χ4v) is 4.13. The van der Waals surface area contributed by atoms with Gasteiger partial charge >= 0.3 is 5.69 Å². The summed E-state index contributed by atoms with van der Waals surface area (Å²) in [6, 6.07) is 10.1. The van der Waals surface area contributed by atoms with Crippen LogP contribution in [0.1, 0.15) is 23.7 Å². The third kappa shape index (κ3) is 4.03. The lowest BCUT2D eigenvalue weighted by Gasteiger charge is -2.21. The summed E-state index contributed by atoms with van der Waals surface area (Å²) in [5.74, 6) is 0.472. The molecule has 2 heterocycles.